The molecule has 0 saturated carbocycles. The van der Waals surface area contributed by atoms with Crippen LogP contribution in [0.3, 0.4) is 0 Å². The monoisotopic (exact) mass is 354 g/mol. The fourth-order valence-corrected chi connectivity index (χ4v) is 3.80. The van der Waals surface area contributed by atoms with Crippen LogP contribution < -0.4 is 5.32 Å². The zero-order valence-corrected chi connectivity index (χ0v) is 14.4. The molecule has 0 fully saturated rings. The van der Waals surface area contributed by atoms with Crippen molar-refractivity contribution in [1.29, 1.82) is 5.26 Å². The first kappa shape index (κ1) is 16.6. The predicted octanol–water partition coefficient (Wildman–Crippen LogP) is 4.61. The summed E-state index contributed by atoms with van der Waals surface area (Å²) in [6.45, 7) is 0. The van der Waals surface area contributed by atoms with Gasteiger partial charge in [0.2, 0.25) is 5.91 Å². The molecule has 0 aromatic heterocycles. The number of nitriles is 1. The zero-order chi connectivity index (χ0) is 16.9. The highest BCUT2D eigenvalue weighted by molar-refractivity contribution is 8.02. The number of amides is 1. The highest BCUT2D eigenvalue weighted by atomic mass is 35.5. The second kappa shape index (κ2) is 7.57. The Morgan fingerprint density at radius 3 is 2.54 bits per heavy atom. The highest BCUT2D eigenvalue weighted by Gasteiger charge is 2.29. The lowest BCUT2D eigenvalue weighted by molar-refractivity contribution is -0.120. The van der Waals surface area contributed by atoms with E-state index >= 15 is 0 Å². The topological polar surface area (TPSA) is 52.9 Å². The smallest absolute Gasteiger partial charge is 0.225 e. The van der Waals surface area contributed by atoms with Gasteiger partial charge in [0.1, 0.15) is 0 Å². The van der Waals surface area contributed by atoms with Gasteiger partial charge in [0, 0.05) is 23.1 Å². The van der Waals surface area contributed by atoms with E-state index < -0.39 is 0 Å². The largest absolute Gasteiger partial charge is 0.320 e. The number of nitrogens with zero attached hydrogens (tertiary/aromatic N) is 1. The first-order valence-corrected chi connectivity index (χ1v) is 8.90. The minimum atomic E-state index is -0.183. The molecule has 1 aliphatic heterocycles. The van der Waals surface area contributed by atoms with Crippen molar-refractivity contribution in [1.82, 2.24) is 5.32 Å². The fraction of sp³-hybridized carbons (Fsp3) is 0.158. The SMILES string of the molecule is N#CC1=C(SCc2ccc(Cl)cc2)NC(=O)C[C@@H]1c1ccccc1. The summed E-state index contributed by atoms with van der Waals surface area (Å²) in [5, 5.41) is 13.8. The van der Waals surface area contributed by atoms with Gasteiger partial charge in [0.25, 0.3) is 0 Å². The van der Waals surface area contributed by atoms with Gasteiger partial charge in [-0.15, -0.1) is 11.8 Å². The van der Waals surface area contributed by atoms with Crippen LogP contribution in [0.2, 0.25) is 5.02 Å². The van der Waals surface area contributed by atoms with Crippen molar-refractivity contribution in [2.24, 2.45) is 0 Å². The van der Waals surface area contributed by atoms with Crippen molar-refractivity contribution in [2.45, 2.75) is 18.1 Å². The van der Waals surface area contributed by atoms with Crippen LogP contribution in [0, 0.1) is 11.3 Å². The van der Waals surface area contributed by atoms with E-state index in [4.69, 9.17) is 11.6 Å². The number of halogens is 1. The van der Waals surface area contributed by atoms with Crippen LogP contribution in [0.25, 0.3) is 0 Å². The third-order valence-corrected chi connectivity index (χ3v) is 5.19. The van der Waals surface area contributed by atoms with E-state index in [9.17, 15) is 10.1 Å². The van der Waals surface area contributed by atoms with E-state index in [1.165, 1.54) is 11.8 Å². The Morgan fingerprint density at radius 1 is 1.17 bits per heavy atom. The molecule has 1 N–H and O–H groups in total. The van der Waals surface area contributed by atoms with Crippen molar-refractivity contribution in [3.05, 3.63) is 81.3 Å². The lowest BCUT2D eigenvalue weighted by atomic mass is 9.87. The molecule has 120 valence electrons. The maximum absolute atomic E-state index is 12.1. The quantitative estimate of drug-likeness (QED) is 0.872. The summed E-state index contributed by atoms with van der Waals surface area (Å²) in [4.78, 5) is 12.1. The molecule has 0 aliphatic carbocycles. The van der Waals surface area contributed by atoms with Crippen LogP contribution in [0.5, 0.6) is 0 Å². The standard InChI is InChI=1S/C19H15ClN2OS/c20-15-8-6-13(7-9-15)12-24-19-17(11-21)16(10-18(23)22-19)14-4-2-1-3-5-14/h1-9,16H,10,12H2,(H,22,23)/t16-/m1/s1. The second-order valence-electron chi connectivity index (χ2n) is 5.49. The molecule has 2 aromatic carbocycles. The predicted molar refractivity (Wildman–Crippen MR) is 97.3 cm³/mol. The summed E-state index contributed by atoms with van der Waals surface area (Å²) in [6, 6.07) is 19.6. The van der Waals surface area contributed by atoms with Gasteiger partial charge in [-0.3, -0.25) is 4.79 Å². The van der Waals surface area contributed by atoms with Gasteiger partial charge in [-0.2, -0.15) is 5.26 Å². The average molecular weight is 355 g/mol. The maximum atomic E-state index is 12.1. The number of rotatable bonds is 4. The number of benzene rings is 2. The Kier molecular flexibility index (Phi) is 5.24. The molecule has 1 heterocycles. The lowest BCUT2D eigenvalue weighted by Crippen LogP contribution is -2.30. The van der Waals surface area contributed by atoms with E-state index in [0.717, 1.165) is 11.1 Å². The Balaban J connectivity index is 1.85. The maximum Gasteiger partial charge on any atom is 0.225 e. The van der Waals surface area contributed by atoms with Crippen molar-refractivity contribution < 1.29 is 4.79 Å². The molecule has 0 spiro atoms. The normalized spacial score (nSPS) is 17.3. The molecular weight excluding hydrogens is 340 g/mol. The van der Waals surface area contributed by atoms with Crippen LogP contribution in [0.15, 0.2) is 65.2 Å². The third-order valence-electron chi connectivity index (χ3n) is 3.85. The van der Waals surface area contributed by atoms with E-state index in [0.29, 0.717) is 27.8 Å². The summed E-state index contributed by atoms with van der Waals surface area (Å²) < 4.78 is 0. The number of hydrogen-bond acceptors (Lipinski definition) is 3. The summed E-state index contributed by atoms with van der Waals surface area (Å²) in [7, 11) is 0. The van der Waals surface area contributed by atoms with Crippen molar-refractivity contribution in [2.75, 3.05) is 0 Å². The van der Waals surface area contributed by atoms with Gasteiger partial charge in [-0.25, -0.2) is 0 Å². The van der Waals surface area contributed by atoms with Gasteiger partial charge < -0.3 is 5.32 Å². The highest BCUT2D eigenvalue weighted by Crippen LogP contribution is 2.36. The summed E-state index contributed by atoms with van der Waals surface area (Å²) in [5.41, 5.74) is 2.71. The van der Waals surface area contributed by atoms with E-state index in [-0.39, 0.29) is 11.8 Å². The van der Waals surface area contributed by atoms with Crippen LogP contribution in [0.4, 0.5) is 0 Å². The minimum absolute atomic E-state index is 0.0542. The van der Waals surface area contributed by atoms with Gasteiger partial charge in [0.15, 0.2) is 0 Å². The fourth-order valence-electron chi connectivity index (χ4n) is 2.64. The number of thioether (sulfide) groups is 1. The Hall–Kier alpha value is -2.22. The molecular formula is C19H15ClN2OS. The van der Waals surface area contributed by atoms with Crippen molar-refractivity contribution >= 4 is 29.3 Å². The number of nitrogens with one attached hydrogen (secondary N) is 1. The lowest BCUT2D eigenvalue weighted by Gasteiger charge is -2.25. The Bertz CT molecular complexity index is 810. The third kappa shape index (κ3) is 3.81. The van der Waals surface area contributed by atoms with Gasteiger partial charge in [-0.1, -0.05) is 54.1 Å². The molecule has 0 bridgehead atoms. The number of carbonyl (C=O) groups is 1. The summed E-state index contributed by atoms with van der Waals surface area (Å²) in [6.07, 6.45) is 0.303. The number of carbonyl (C=O) groups excluding carboxylic acids is 1. The van der Waals surface area contributed by atoms with E-state index in [1.54, 1.807) is 0 Å². The zero-order valence-electron chi connectivity index (χ0n) is 12.8. The Morgan fingerprint density at radius 2 is 1.88 bits per heavy atom. The number of hydrogen-bond donors (Lipinski definition) is 1. The average Bonchev–Trinajstić information content (AvgIpc) is 2.61. The molecule has 1 atom stereocenters. The van der Waals surface area contributed by atoms with Crippen LogP contribution >= 0.6 is 23.4 Å². The summed E-state index contributed by atoms with van der Waals surface area (Å²) >= 11 is 7.37. The van der Waals surface area contributed by atoms with E-state index in [2.05, 4.69) is 11.4 Å². The molecule has 5 heteroatoms. The van der Waals surface area contributed by atoms with Gasteiger partial charge in [-0.05, 0) is 23.3 Å². The molecule has 3 rings (SSSR count). The van der Waals surface area contributed by atoms with Crippen LogP contribution in [0.1, 0.15) is 23.5 Å². The van der Waals surface area contributed by atoms with Crippen LogP contribution in [-0.2, 0) is 10.5 Å². The summed E-state index contributed by atoms with van der Waals surface area (Å²) in [5.74, 6) is 0.429. The first-order chi connectivity index (χ1) is 11.7. The molecule has 0 saturated heterocycles. The van der Waals surface area contributed by atoms with E-state index in [1.807, 2.05) is 54.6 Å². The second-order valence-corrected chi connectivity index (χ2v) is 6.91. The molecule has 24 heavy (non-hydrogen) atoms. The first-order valence-electron chi connectivity index (χ1n) is 7.53. The molecule has 1 aliphatic rings. The number of allylic oxidation sites excluding steroid dienone is 1. The molecule has 0 unspecified atom stereocenters. The van der Waals surface area contributed by atoms with Gasteiger partial charge in [0.05, 0.1) is 16.7 Å². The molecule has 3 nitrogen and oxygen atoms in total. The minimum Gasteiger partial charge on any atom is -0.320 e. The Labute approximate surface area is 150 Å². The molecule has 1 amide bonds. The molecule has 2 aromatic rings. The van der Waals surface area contributed by atoms with Crippen molar-refractivity contribution in [3.8, 4) is 6.07 Å². The molecule has 0 radical (unpaired) electrons. The van der Waals surface area contributed by atoms with Crippen LogP contribution in [-0.4, -0.2) is 5.91 Å². The van der Waals surface area contributed by atoms with Gasteiger partial charge >= 0.3 is 0 Å². The van der Waals surface area contributed by atoms with Crippen molar-refractivity contribution in [3.63, 3.8) is 0 Å².